The quantitative estimate of drug-likeness (QED) is 0.693. The first-order valence-corrected chi connectivity index (χ1v) is 9.23. The number of rotatable bonds is 1. The molecule has 3 heteroatoms. The third-order valence-corrected chi connectivity index (χ3v) is 8.60. The maximum atomic E-state index is 13.1. The lowest BCUT2D eigenvalue weighted by molar-refractivity contribution is -0.185. The van der Waals surface area contributed by atoms with Crippen molar-refractivity contribution in [2.45, 2.75) is 72.1 Å². The minimum absolute atomic E-state index is 0.0962. The van der Waals surface area contributed by atoms with E-state index in [0.717, 1.165) is 44.8 Å². The van der Waals surface area contributed by atoms with E-state index in [2.05, 4.69) is 13.8 Å². The molecule has 0 aliphatic heterocycles. The third kappa shape index (κ3) is 1.64. The van der Waals surface area contributed by atoms with E-state index < -0.39 is 5.41 Å². The molecule has 0 N–H and O–H groups in total. The van der Waals surface area contributed by atoms with Crippen LogP contribution in [-0.4, -0.2) is 17.9 Å². The van der Waals surface area contributed by atoms with E-state index in [0.29, 0.717) is 18.6 Å². The lowest BCUT2D eigenvalue weighted by Crippen LogP contribution is -2.63. The zero-order chi connectivity index (χ0) is 16.7. The van der Waals surface area contributed by atoms with Crippen LogP contribution in [0.3, 0.4) is 0 Å². The van der Waals surface area contributed by atoms with Gasteiger partial charge in [0, 0.05) is 29.6 Å². The van der Waals surface area contributed by atoms with E-state index in [1.807, 2.05) is 6.92 Å². The molecule has 3 nitrogen and oxygen atoms in total. The van der Waals surface area contributed by atoms with Crippen LogP contribution in [0.25, 0.3) is 0 Å². The molecule has 4 aliphatic carbocycles. The van der Waals surface area contributed by atoms with Crippen LogP contribution in [0.1, 0.15) is 72.1 Å². The predicted molar refractivity (Wildman–Crippen MR) is 86.7 cm³/mol. The van der Waals surface area contributed by atoms with Crippen LogP contribution in [-0.2, 0) is 14.4 Å². The molecule has 6 atom stereocenters. The normalized spacial score (nSPS) is 55.3. The van der Waals surface area contributed by atoms with E-state index in [9.17, 15) is 14.4 Å². The van der Waals surface area contributed by atoms with Crippen molar-refractivity contribution in [2.24, 2.45) is 33.5 Å². The summed E-state index contributed by atoms with van der Waals surface area (Å²) in [6, 6.07) is 0. The van der Waals surface area contributed by atoms with Gasteiger partial charge in [-0.2, -0.15) is 0 Å². The molecule has 4 saturated carbocycles. The molecule has 0 aromatic heterocycles. The molecule has 0 amide bonds. The largest absolute Gasteiger partial charge is 0.303 e. The monoisotopic (exact) mass is 316 g/mol. The van der Waals surface area contributed by atoms with Crippen LogP contribution in [0, 0.1) is 33.5 Å². The molecule has 0 unspecified atom stereocenters. The number of Topliss-reactive ketones (excluding diaryl/α,β-unsaturated/α-hetero) is 2. The molecular formula is C20H28O3. The van der Waals surface area contributed by atoms with Crippen LogP contribution >= 0.6 is 0 Å². The topological polar surface area (TPSA) is 51.2 Å². The maximum absolute atomic E-state index is 13.1. The zero-order valence-corrected chi connectivity index (χ0v) is 14.6. The first-order chi connectivity index (χ1) is 10.7. The number of hydrogen-bond acceptors (Lipinski definition) is 3. The highest BCUT2D eigenvalue weighted by molar-refractivity contribution is 5.91. The first-order valence-electron chi connectivity index (χ1n) is 9.23. The lowest BCUT2D eigenvalue weighted by atomic mass is 9.38. The summed E-state index contributed by atoms with van der Waals surface area (Å²) in [6.45, 7) is 6.42. The van der Waals surface area contributed by atoms with Gasteiger partial charge in [0.25, 0.3) is 0 Å². The molecule has 0 heterocycles. The highest BCUT2D eigenvalue weighted by atomic mass is 16.1. The third-order valence-electron chi connectivity index (χ3n) is 8.60. The van der Waals surface area contributed by atoms with Gasteiger partial charge in [0.2, 0.25) is 0 Å². The Morgan fingerprint density at radius 2 is 1.74 bits per heavy atom. The minimum Gasteiger partial charge on any atom is -0.303 e. The fourth-order valence-electron chi connectivity index (χ4n) is 7.45. The van der Waals surface area contributed by atoms with Gasteiger partial charge in [-0.25, -0.2) is 0 Å². The Kier molecular flexibility index (Phi) is 2.93. The Labute approximate surface area is 138 Å². The lowest BCUT2D eigenvalue weighted by Gasteiger charge is -2.64. The molecule has 4 rings (SSSR count). The van der Waals surface area contributed by atoms with E-state index in [-0.39, 0.29) is 33.9 Å². The van der Waals surface area contributed by atoms with Crippen molar-refractivity contribution in [3.63, 3.8) is 0 Å². The summed E-state index contributed by atoms with van der Waals surface area (Å²) in [6.07, 6.45) is 8.03. The molecule has 126 valence electrons. The zero-order valence-electron chi connectivity index (χ0n) is 14.6. The van der Waals surface area contributed by atoms with Crippen LogP contribution in [0.2, 0.25) is 0 Å². The molecule has 0 aromatic rings. The van der Waals surface area contributed by atoms with Crippen LogP contribution < -0.4 is 0 Å². The van der Waals surface area contributed by atoms with Crippen LogP contribution in [0.15, 0.2) is 0 Å². The van der Waals surface area contributed by atoms with Gasteiger partial charge in [0.1, 0.15) is 17.9 Å². The molecule has 0 radical (unpaired) electrons. The second-order valence-electron chi connectivity index (χ2n) is 9.72. The van der Waals surface area contributed by atoms with Gasteiger partial charge >= 0.3 is 0 Å². The summed E-state index contributed by atoms with van der Waals surface area (Å²) in [5.74, 6) is 0.696. The van der Waals surface area contributed by atoms with Crippen molar-refractivity contribution in [3.05, 3.63) is 0 Å². The van der Waals surface area contributed by atoms with Crippen molar-refractivity contribution >= 4 is 17.9 Å². The second-order valence-corrected chi connectivity index (χ2v) is 9.72. The van der Waals surface area contributed by atoms with Gasteiger partial charge in [-0.15, -0.1) is 0 Å². The molecule has 4 aliphatic rings. The van der Waals surface area contributed by atoms with Gasteiger partial charge in [0.15, 0.2) is 0 Å². The standard InChI is InChI=1S/C20H28O3/c1-17-7-8-20(11-17)13(10-15(17)23)9-14(22)16-18(2,12-21)5-4-6-19(16,20)3/h12-13,16H,4-11H2,1-3H3/t13-,16-,17-,18-,19-,20-/m0/s1. The highest BCUT2D eigenvalue weighted by Gasteiger charge is 2.71. The van der Waals surface area contributed by atoms with E-state index in [1.165, 1.54) is 0 Å². The fraction of sp³-hybridized carbons (Fsp3) is 0.850. The van der Waals surface area contributed by atoms with Crippen molar-refractivity contribution in [3.8, 4) is 0 Å². The first kappa shape index (κ1) is 15.5. The summed E-state index contributed by atoms with van der Waals surface area (Å²) in [5, 5.41) is 0. The maximum Gasteiger partial charge on any atom is 0.139 e. The number of ketones is 2. The Morgan fingerprint density at radius 1 is 1.00 bits per heavy atom. The van der Waals surface area contributed by atoms with E-state index in [1.54, 1.807) is 0 Å². The molecule has 0 aromatic carbocycles. The van der Waals surface area contributed by atoms with Gasteiger partial charge in [-0.1, -0.05) is 27.2 Å². The Balaban J connectivity index is 1.87. The number of carbonyl (C=O) groups excluding carboxylic acids is 3. The van der Waals surface area contributed by atoms with E-state index >= 15 is 0 Å². The Hall–Kier alpha value is -0.990. The summed E-state index contributed by atoms with van der Waals surface area (Å²) in [7, 11) is 0. The summed E-state index contributed by atoms with van der Waals surface area (Å²) >= 11 is 0. The Morgan fingerprint density at radius 3 is 2.43 bits per heavy atom. The number of fused-ring (bicyclic) bond motifs is 2. The SMILES string of the molecule is C[C@]12CC[C@]3(C1)[C@@H](CC(=O)[C@@H]1[C@]3(C)CCC[C@@]1(C)C=O)CC2=O. The van der Waals surface area contributed by atoms with Gasteiger partial charge in [-0.3, -0.25) is 9.59 Å². The van der Waals surface area contributed by atoms with Gasteiger partial charge in [0.05, 0.1) is 0 Å². The van der Waals surface area contributed by atoms with Crippen LogP contribution in [0.5, 0.6) is 0 Å². The Bertz CT molecular complexity index is 610. The smallest absolute Gasteiger partial charge is 0.139 e. The second kappa shape index (κ2) is 4.34. The van der Waals surface area contributed by atoms with Crippen LogP contribution in [0.4, 0.5) is 0 Å². The minimum atomic E-state index is -0.510. The number of aldehydes is 1. The molecule has 1 spiro atoms. The average Bonchev–Trinajstić information content (AvgIpc) is 2.81. The molecular weight excluding hydrogens is 288 g/mol. The van der Waals surface area contributed by atoms with E-state index in [4.69, 9.17) is 0 Å². The summed E-state index contributed by atoms with van der Waals surface area (Å²) in [5.41, 5.74) is -0.706. The summed E-state index contributed by atoms with van der Waals surface area (Å²) < 4.78 is 0. The predicted octanol–water partition coefficient (Wildman–Crippen LogP) is 3.74. The average molecular weight is 316 g/mol. The van der Waals surface area contributed by atoms with Gasteiger partial charge < -0.3 is 4.79 Å². The fourth-order valence-corrected chi connectivity index (χ4v) is 7.45. The molecule has 23 heavy (non-hydrogen) atoms. The summed E-state index contributed by atoms with van der Waals surface area (Å²) in [4.78, 5) is 37.6. The van der Waals surface area contributed by atoms with Crippen molar-refractivity contribution in [1.29, 1.82) is 0 Å². The number of hydrogen-bond donors (Lipinski definition) is 0. The molecule has 4 fully saturated rings. The number of carbonyl (C=O) groups is 3. The van der Waals surface area contributed by atoms with Crippen molar-refractivity contribution < 1.29 is 14.4 Å². The highest BCUT2D eigenvalue weighted by Crippen LogP contribution is 2.74. The molecule has 0 saturated heterocycles. The van der Waals surface area contributed by atoms with Crippen molar-refractivity contribution in [2.75, 3.05) is 0 Å². The van der Waals surface area contributed by atoms with Gasteiger partial charge in [-0.05, 0) is 48.9 Å². The van der Waals surface area contributed by atoms with Crippen molar-refractivity contribution in [1.82, 2.24) is 0 Å². The molecule has 2 bridgehead atoms.